The number of nitrogens with zero attached hydrogens (tertiary/aromatic N) is 1. The third-order valence-electron chi connectivity index (χ3n) is 3.54. The molecular weight excluding hydrogens is 284 g/mol. The highest BCUT2D eigenvalue weighted by Gasteiger charge is 2.31. The average Bonchev–Trinajstić information content (AvgIpc) is 2.86. The van der Waals surface area contributed by atoms with E-state index >= 15 is 0 Å². The second kappa shape index (κ2) is 4.20. The molecule has 106 valence electrons. The number of aromatic carboxylic acids is 1. The number of carboxylic acids is 1. The van der Waals surface area contributed by atoms with Crippen molar-refractivity contribution in [3.63, 3.8) is 0 Å². The molecule has 0 spiro atoms. The highest BCUT2D eigenvalue weighted by molar-refractivity contribution is 7.91. The summed E-state index contributed by atoms with van der Waals surface area (Å²) in [6.45, 7) is 0. The van der Waals surface area contributed by atoms with E-state index in [0.29, 0.717) is 17.5 Å². The lowest BCUT2D eigenvalue weighted by atomic mass is 10.2. The number of hydrogen-bond donors (Lipinski definition) is 2. The molecule has 20 heavy (non-hydrogen) atoms. The number of benzene rings is 1. The van der Waals surface area contributed by atoms with E-state index in [4.69, 9.17) is 5.11 Å². The van der Waals surface area contributed by atoms with E-state index in [1.165, 1.54) is 22.8 Å². The Morgan fingerprint density at radius 3 is 2.75 bits per heavy atom. The van der Waals surface area contributed by atoms with E-state index in [1.807, 2.05) is 0 Å². The summed E-state index contributed by atoms with van der Waals surface area (Å²) in [5, 5.41) is 9.00. The Morgan fingerprint density at radius 2 is 2.15 bits per heavy atom. The minimum atomic E-state index is -3.12. The van der Waals surface area contributed by atoms with Crippen molar-refractivity contribution < 1.29 is 18.3 Å². The van der Waals surface area contributed by atoms with Crippen molar-refractivity contribution >= 4 is 26.8 Å². The molecule has 0 radical (unpaired) electrons. The zero-order chi connectivity index (χ0) is 14.5. The molecule has 0 bridgehead atoms. The van der Waals surface area contributed by atoms with Crippen molar-refractivity contribution in [1.29, 1.82) is 0 Å². The fourth-order valence-electron chi connectivity index (χ4n) is 2.60. The van der Waals surface area contributed by atoms with E-state index in [-0.39, 0.29) is 17.1 Å². The van der Waals surface area contributed by atoms with Crippen LogP contribution in [0.3, 0.4) is 0 Å². The summed E-state index contributed by atoms with van der Waals surface area (Å²) >= 11 is 0. The quantitative estimate of drug-likeness (QED) is 0.833. The van der Waals surface area contributed by atoms with E-state index in [1.54, 1.807) is 0 Å². The van der Waals surface area contributed by atoms with Gasteiger partial charge in [-0.25, -0.2) is 18.0 Å². The molecule has 3 rings (SSSR count). The molecule has 1 fully saturated rings. The third-order valence-corrected chi connectivity index (χ3v) is 5.29. The Labute approximate surface area is 113 Å². The molecular formula is C12H12N2O5S. The Hall–Kier alpha value is -2.09. The standard InChI is InChI=1S/C12H12N2O5S/c15-11(16)7-1-2-9-10(5-7)14(12(17)13-9)8-3-4-20(18,19)6-8/h1-2,5,8H,3-4,6H2,(H,13,17)(H,15,16). The van der Waals surface area contributed by atoms with Gasteiger partial charge in [0.2, 0.25) is 0 Å². The molecule has 2 heterocycles. The number of H-pyrrole nitrogens is 1. The van der Waals surface area contributed by atoms with Crippen LogP contribution in [0.1, 0.15) is 22.8 Å². The van der Waals surface area contributed by atoms with Gasteiger partial charge in [0.15, 0.2) is 9.84 Å². The van der Waals surface area contributed by atoms with Crippen LogP contribution in [0, 0.1) is 0 Å². The normalized spacial score (nSPS) is 21.3. The smallest absolute Gasteiger partial charge is 0.335 e. The molecule has 1 aromatic carbocycles. The van der Waals surface area contributed by atoms with Gasteiger partial charge in [-0.15, -0.1) is 0 Å². The number of fused-ring (bicyclic) bond motifs is 1. The molecule has 1 aliphatic heterocycles. The number of hydrogen-bond acceptors (Lipinski definition) is 4. The fourth-order valence-corrected chi connectivity index (χ4v) is 4.30. The molecule has 1 aliphatic rings. The van der Waals surface area contributed by atoms with Crippen molar-refractivity contribution in [2.75, 3.05) is 11.5 Å². The number of carbonyl (C=O) groups is 1. The van der Waals surface area contributed by atoms with E-state index in [9.17, 15) is 18.0 Å². The van der Waals surface area contributed by atoms with Gasteiger partial charge in [0.1, 0.15) is 0 Å². The predicted molar refractivity (Wildman–Crippen MR) is 71.8 cm³/mol. The number of imidazole rings is 1. The van der Waals surface area contributed by atoms with Crippen LogP contribution >= 0.6 is 0 Å². The SMILES string of the molecule is O=C(O)c1ccc2[nH]c(=O)n(C3CCS(=O)(=O)C3)c2c1. The Balaban J connectivity index is 2.19. The molecule has 2 N–H and O–H groups in total. The van der Waals surface area contributed by atoms with Crippen molar-refractivity contribution in [2.45, 2.75) is 12.5 Å². The summed E-state index contributed by atoms with van der Waals surface area (Å²) < 4.78 is 24.4. The molecule has 0 saturated carbocycles. The zero-order valence-corrected chi connectivity index (χ0v) is 11.2. The Kier molecular flexibility index (Phi) is 2.72. The Bertz CT molecular complexity index is 862. The van der Waals surface area contributed by atoms with Crippen molar-refractivity contribution in [1.82, 2.24) is 9.55 Å². The second-order valence-corrected chi connectivity index (χ2v) is 7.12. The van der Waals surface area contributed by atoms with Crippen LogP contribution in [0.5, 0.6) is 0 Å². The lowest BCUT2D eigenvalue weighted by molar-refractivity contribution is 0.0697. The number of sulfone groups is 1. The van der Waals surface area contributed by atoms with Crippen LogP contribution in [0.25, 0.3) is 11.0 Å². The van der Waals surface area contributed by atoms with Crippen molar-refractivity contribution in [2.24, 2.45) is 0 Å². The summed E-state index contributed by atoms with van der Waals surface area (Å²) in [6.07, 6.45) is 0.368. The molecule has 1 aromatic heterocycles. The van der Waals surface area contributed by atoms with Gasteiger partial charge in [0.05, 0.1) is 34.1 Å². The van der Waals surface area contributed by atoms with Gasteiger partial charge >= 0.3 is 11.7 Å². The van der Waals surface area contributed by atoms with E-state index in [2.05, 4.69) is 4.98 Å². The minimum Gasteiger partial charge on any atom is -0.478 e. The van der Waals surface area contributed by atoms with Gasteiger partial charge < -0.3 is 10.1 Å². The van der Waals surface area contributed by atoms with Crippen LogP contribution in [0.15, 0.2) is 23.0 Å². The predicted octanol–water partition coefficient (Wildman–Crippen LogP) is 0.387. The largest absolute Gasteiger partial charge is 0.478 e. The van der Waals surface area contributed by atoms with Gasteiger partial charge in [0.25, 0.3) is 0 Å². The third kappa shape index (κ3) is 2.01. The topological polar surface area (TPSA) is 109 Å². The first-order chi connectivity index (χ1) is 9.37. The maximum atomic E-state index is 12.0. The molecule has 0 amide bonds. The summed E-state index contributed by atoms with van der Waals surface area (Å²) in [5.41, 5.74) is 0.581. The number of nitrogens with one attached hydrogen (secondary N) is 1. The minimum absolute atomic E-state index is 0.0510. The van der Waals surface area contributed by atoms with Crippen molar-refractivity contribution in [3.8, 4) is 0 Å². The molecule has 1 saturated heterocycles. The number of aromatic nitrogens is 2. The van der Waals surface area contributed by atoms with Crippen LogP contribution in [-0.2, 0) is 9.84 Å². The van der Waals surface area contributed by atoms with Crippen LogP contribution in [-0.4, -0.2) is 40.6 Å². The molecule has 7 nitrogen and oxygen atoms in total. The molecule has 1 atom stereocenters. The maximum absolute atomic E-state index is 12.0. The highest BCUT2D eigenvalue weighted by atomic mass is 32.2. The maximum Gasteiger partial charge on any atom is 0.335 e. The monoisotopic (exact) mass is 296 g/mol. The lowest BCUT2D eigenvalue weighted by Gasteiger charge is -2.10. The van der Waals surface area contributed by atoms with Crippen LogP contribution in [0.4, 0.5) is 0 Å². The summed E-state index contributed by atoms with van der Waals surface area (Å²) in [4.78, 5) is 25.6. The summed E-state index contributed by atoms with van der Waals surface area (Å²) in [5.74, 6) is -1.13. The first-order valence-corrected chi connectivity index (χ1v) is 7.87. The molecule has 1 unspecified atom stereocenters. The first kappa shape index (κ1) is 12.9. The number of aromatic amines is 1. The molecule has 2 aromatic rings. The zero-order valence-electron chi connectivity index (χ0n) is 10.4. The Morgan fingerprint density at radius 1 is 1.40 bits per heavy atom. The molecule has 8 heteroatoms. The van der Waals surface area contributed by atoms with Gasteiger partial charge in [-0.1, -0.05) is 0 Å². The van der Waals surface area contributed by atoms with E-state index in [0.717, 1.165) is 0 Å². The van der Waals surface area contributed by atoms with E-state index < -0.39 is 27.5 Å². The molecule has 0 aliphatic carbocycles. The fraction of sp³-hybridized carbons (Fsp3) is 0.333. The van der Waals surface area contributed by atoms with Crippen LogP contribution in [0.2, 0.25) is 0 Å². The van der Waals surface area contributed by atoms with Crippen molar-refractivity contribution in [3.05, 3.63) is 34.2 Å². The van der Waals surface area contributed by atoms with Gasteiger partial charge in [-0.2, -0.15) is 0 Å². The average molecular weight is 296 g/mol. The highest BCUT2D eigenvalue weighted by Crippen LogP contribution is 2.26. The van der Waals surface area contributed by atoms with Gasteiger partial charge in [-0.3, -0.25) is 4.57 Å². The number of carboxylic acid groups (broad SMARTS) is 1. The van der Waals surface area contributed by atoms with Gasteiger partial charge in [0, 0.05) is 0 Å². The van der Waals surface area contributed by atoms with Crippen LogP contribution < -0.4 is 5.69 Å². The lowest BCUT2D eigenvalue weighted by Crippen LogP contribution is -2.23. The second-order valence-electron chi connectivity index (χ2n) is 4.89. The number of rotatable bonds is 2. The summed E-state index contributed by atoms with van der Waals surface area (Å²) in [7, 11) is -3.12. The van der Waals surface area contributed by atoms with Gasteiger partial charge in [-0.05, 0) is 24.6 Å². The first-order valence-electron chi connectivity index (χ1n) is 6.05. The summed E-state index contributed by atoms with van der Waals surface area (Å²) in [6, 6.07) is 3.86.